The standard InChI is InChI=1S/C38H36Cl3N7O4/c1-52-31-15-30(47-37(41)29(31)20-43-19-24-9-11-34(50)46-24)28-7-3-6-27(36(28)40)26-5-2-4-25(35(26)39)21-12-13-48-32(14-21)44-17-22(38(48)51)16-42-18-23-8-10-33(49)45-23/h2-7,12-15,17,23-24,42-43H,8-11,16,18-20H2,1H3,(H,45,49)(H,46,50)/t23-,24+/m0/s1. The third-order valence-electron chi connectivity index (χ3n) is 9.48. The molecule has 2 fully saturated rings. The van der Waals surface area contributed by atoms with Crippen molar-refractivity contribution in [2.45, 2.75) is 50.9 Å². The molecule has 2 atom stereocenters. The van der Waals surface area contributed by atoms with Crippen LogP contribution < -0.4 is 31.6 Å². The Bertz CT molecular complexity index is 2250. The van der Waals surface area contributed by atoms with E-state index in [2.05, 4.69) is 31.2 Å². The zero-order valence-electron chi connectivity index (χ0n) is 28.3. The summed E-state index contributed by atoms with van der Waals surface area (Å²) < 4.78 is 7.22. The Hall–Kier alpha value is -4.52. The summed E-state index contributed by atoms with van der Waals surface area (Å²) in [7, 11) is 1.58. The van der Waals surface area contributed by atoms with Crippen LogP contribution in [0.15, 0.2) is 71.8 Å². The van der Waals surface area contributed by atoms with Crippen LogP contribution in [-0.4, -0.2) is 58.5 Å². The van der Waals surface area contributed by atoms with E-state index in [1.54, 1.807) is 19.5 Å². The topological polar surface area (TPSA) is 139 Å². The number of ether oxygens (including phenoxy) is 1. The van der Waals surface area contributed by atoms with E-state index in [0.717, 1.165) is 24.0 Å². The molecule has 5 aromatic rings. The molecule has 14 heteroatoms. The van der Waals surface area contributed by atoms with E-state index in [1.165, 1.54) is 4.40 Å². The van der Waals surface area contributed by atoms with Crippen molar-refractivity contribution in [2.24, 2.45) is 0 Å². The summed E-state index contributed by atoms with van der Waals surface area (Å²) in [5.41, 5.74) is 5.69. The molecule has 0 unspecified atom stereocenters. The van der Waals surface area contributed by atoms with Gasteiger partial charge in [-0.2, -0.15) is 0 Å². The van der Waals surface area contributed by atoms with E-state index in [4.69, 9.17) is 39.5 Å². The molecule has 0 saturated carbocycles. The van der Waals surface area contributed by atoms with Crippen LogP contribution >= 0.6 is 34.8 Å². The van der Waals surface area contributed by atoms with Gasteiger partial charge in [-0.05, 0) is 30.5 Å². The van der Waals surface area contributed by atoms with Gasteiger partial charge in [-0.25, -0.2) is 9.97 Å². The number of hydrogen-bond donors (Lipinski definition) is 4. The molecule has 0 spiro atoms. The highest BCUT2D eigenvalue weighted by Crippen LogP contribution is 2.43. The van der Waals surface area contributed by atoms with Gasteiger partial charge >= 0.3 is 0 Å². The van der Waals surface area contributed by atoms with Gasteiger partial charge in [0, 0.05) is 103 Å². The summed E-state index contributed by atoms with van der Waals surface area (Å²) in [6.07, 6.45) is 5.93. The van der Waals surface area contributed by atoms with E-state index in [0.29, 0.717) is 94.0 Å². The number of benzene rings is 2. The predicted molar refractivity (Wildman–Crippen MR) is 203 cm³/mol. The maximum Gasteiger partial charge on any atom is 0.262 e. The Kier molecular flexibility index (Phi) is 10.8. The summed E-state index contributed by atoms with van der Waals surface area (Å²) >= 11 is 20.9. The molecule has 2 aliphatic rings. The van der Waals surface area contributed by atoms with Gasteiger partial charge in [-0.15, -0.1) is 0 Å². The summed E-state index contributed by atoms with van der Waals surface area (Å²) in [6, 6.07) is 17.0. The van der Waals surface area contributed by atoms with Crippen LogP contribution in [0.1, 0.15) is 36.8 Å². The second kappa shape index (κ2) is 15.6. The number of nitrogens with zero attached hydrogens (tertiary/aromatic N) is 3. The maximum atomic E-state index is 13.3. The van der Waals surface area contributed by atoms with Crippen LogP contribution in [0.25, 0.3) is 39.2 Å². The lowest BCUT2D eigenvalue weighted by Gasteiger charge is -2.17. The molecule has 2 aromatic carbocycles. The molecule has 268 valence electrons. The molecule has 2 saturated heterocycles. The fourth-order valence-corrected chi connectivity index (χ4v) is 7.63. The lowest BCUT2D eigenvalue weighted by molar-refractivity contribution is -0.120. The number of pyridine rings is 2. The Labute approximate surface area is 315 Å². The largest absolute Gasteiger partial charge is 0.496 e. The molecule has 5 heterocycles. The van der Waals surface area contributed by atoms with Crippen LogP contribution in [0.2, 0.25) is 15.2 Å². The highest BCUT2D eigenvalue weighted by Gasteiger charge is 2.23. The number of aromatic nitrogens is 3. The van der Waals surface area contributed by atoms with Gasteiger partial charge < -0.3 is 26.0 Å². The third kappa shape index (κ3) is 7.51. The first-order valence-electron chi connectivity index (χ1n) is 17.0. The van der Waals surface area contributed by atoms with E-state index >= 15 is 0 Å². The highest BCUT2D eigenvalue weighted by molar-refractivity contribution is 6.39. The number of carbonyl (C=O) groups excluding carboxylic acids is 2. The Morgan fingerprint density at radius 3 is 2.08 bits per heavy atom. The highest BCUT2D eigenvalue weighted by atomic mass is 35.5. The molecule has 7 rings (SSSR count). The van der Waals surface area contributed by atoms with Crippen LogP contribution in [0.3, 0.4) is 0 Å². The molecule has 2 aliphatic heterocycles. The molecule has 52 heavy (non-hydrogen) atoms. The van der Waals surface area contributed by atoms with E-state index in [1.807, 2.05) is 54.6 Å². The summed E-state index contributed by atoms with van der Waals surface area (Å²) in [4.78, 5) is 45.5. The third-order valence-corrected chi connectivity index (χ3v) is 10.6. The number of amides is 2. The molecule has 2 amide bonds. The average Bonchev–Trinajstić information content (AvgIpc) is 3.76. The Balaban J connectivity index is 1.12. The Morgan fingerprint density at radius 1 is 0.827 bits per heavy atom. The van der Waals surface area contributed by atoms with E-state index < -0.39 is 0 Å². The molecular formula is C38H36Cl3N7O4. The van der Waals surface area contributed by atoms with Crippen molar-refractivity contribution in [3.8, 4) is 39.3 Å². The maximum absolute atomic E-state index is 13.3. The first-order chi connectivity index (χ1) is 25.2. The van der Waals surface area contributed by atoms with Crippen molar-refractivity contribution in [1.29, 1.82) is 0 Å². The fourth-order valence-electron chi connectivity index (χ4n) is 6.71. The first kappa shape index (κ1) is 35.9. The van der Waals surface area contributed by atoms with Crippen molar-refractivity contribution in [3.63, 3.8) is 0 Å². The van der Waals surface area contributed by atoms with Gasteiger partial charge in [0.2, 0.25) is 11.8 Å². The quantitative estimate of drug-likeness (QED) is 0.117. The monoisotopic (exact) mass is 759 g/mol. The SMILES string of the molecule is COc1cc(-c2cccc(-c3cccc(-c4ccn5c(=O)c(CNC[C@@H]6CCC(=O)N6)cnc5c4)c3Cl)c2Cl)nc(Cl)c1CNC[C@H]1CCC(=O)N1. The number of hydrogen-bond acceptors (Lipinski definition) is 8. The van der Waals surface area contributed by atoms with Crippen LogP contribution in [0.5, 0.6) is 5.75 Å². The molecule has 3 aromatic heterocycles. The van der Waals surface area contributed by atoms with Crippen LogP contribution in [0, 0.1) is 0 Å². The zero-order valence-corrected chi connectivity index (χ0v) is 30.5. The average molecular weight is 761 g/mol. The lowest BCUT2D eigenvalue weighted by Crippen LogP contribution is -2.36. The van der Waals surface area contributed by atoms with Crippen molar-refractivity contribution < 1.29 is 14.3 Å². The number of nitrogens with one attached hydrogen (secondary N) is 4. The van der Waals surface area contributed by atoms with Crippen LogP contribution in [-0.2, 0) is 22.7 Å². The van der Waals surface area contributed by atoms with Crippen LogP contribution in [0.4, 0.5) is 0 Å². The molecular weight excluding hydrogens is 725 g/mol. The predicted octanol–water partition coefficient (Wildman–Crippen LogP) is 5.80. The van der Waals surface area contributed by atoms with Crippen molar-refractivity contribution in [2.75, 3.05) is 20.2 Å². The minimum absolute atomic E-state index is 0.0564. The first-order valence-corrected chi connectivity index (χ1v) is 18.2. The fraction of sp³-hybridized carbons (Fsp3) is 0.289. The number of carbonyl (C=O) groups is 2. The molecule has 0 radical (unpaired) electrons. The van der Waals surface area contributed by atoms with E-state index in [-0.39, 0.29) is 34.6 Å². The summed E-state index contributed by atoms with van der Waals surface area (Å²) in [6.45, 7) is 1.95. The van der Waals surface area contributed by atoms with Gasteiger partial charge in [0.15, 0.2) is 0 Å². The second-order valence-corrected chi connectivity index (χ2v) is 14.0. The second-order valence-electron chi connectivity index (χ2n) is 12.9. The minimum atomic E-state index is -0.170. The van der Waals surface area contributed by atoms with Gasteiger partial charge in [0.25, 0.3) is 5.56 Å². The normalized spacial score (nSPS) is 17.1. The van der Waals surface area contributed by atoms with Gasteiger partial charge in [-0.1, -0.05) is 71.2 Å². The molecule has 0 aliphatic carbocycles. The summed E-state index contributed by atoms with van der Waals surface area (Å²) in [5, 5.41) is 13.7. The van der Waals surface area contributed by atoms with Gasteiger partial charge in [-0.3, -0.25) is 18.8 Å². The van der Waals surface area contributed by atoms with Crippen molar-refractivity contribution >= 4 is 52.3 Å². The minimum Gasteiger partial charge on any atom is -0.496 e. The number of methoxy groups -OCH3 is 1. The molecule has 0 bridgehead atoms. The Morgan fingerprint density at radius 2 is 1.44 bits per heavy atom. The smallest absolute Gasteiger partial charge is 0.262 e. The van der Waals surface area contributed by atoms with E-state index in [9.17, 15) is 14.4 Å². The van der Waals surface area contributed by atoms with Crippen molar-refractivity contribution in [1.82, 2.24) is 35.6 Å². The molecule has 11 nitrogen and oxygen atoms in total. The lowest BCUT2D eigenvalue weighted by atomic mass is 9.97. The summed E-state index contributed by atoms with van der Waals surface area (Å²) in [5.74, 6) is 0.684. The zero-order chi connectivity index (χ0) is 36.4. The number of rotatable bonds is 12. The van der Waals surface area contributed by atoms with Gasteiger partial charge in [0.1, 0.15) is 16.5 Å². The van der Waals surface area contributed by atoms with Gasteiger partial charge in [0.05, 0.1) is 22.8 Å². The molecule has 4 N–H and O–H groups in total. The number of halogens is 3. The van der Waals surface area contributed by atoms with Crippen molar-refractivity contribution in [3.05, 3.63) is 104 Å². The number of fused-ring (bicyclic) bond motifs is 1.